The summed E-state index contributed by atoms with van der Waals surface area (Å²) in [5.41, 5.74) is -0.277. The second-order valence-electron chi connectivity index (χ2n) is 2.49. The van der Waals surface area contributed by atoms with Crippen LogP contribution in [0.15, 0.2) is 24.3 Å². The van der Waals surface area contributed by atoms with E-state index >= 15 is 0 Å². The molecule has 0 atom stereocenters. The van der Waals surface area contributed by atoms with Gasteiger partial charge in [0.1, 0.15) is 0 Å². The maximum absolute atomic E-state index is 13.3. The van der Waals surface area contributed by atoms with Gasteiger partial charge in [-0.2, -0.15) is 4.39 Å². The minimum Gasteiger partial charge on any atom is -0.258 e. The number of nitro benzene ring substituents is 1. The zero-order chi connectivity index (χ0) is 10.6. The van der Waals surface area contributed by atoms with Crippen LogP contribution in [0.2, 0.25) is 0 Å². The predicted molar refractivity (Wildman–Crippen MR) is 55.9 cm³/mol. The molecule has 0 unspecified atom stereocenters. The van der Waals surface area contributed by atoms with Crippen molar-refractivity contribution in [2.24, 2.45) is 0 Å². The van der Waals surface area contributed by atoms with Gasteiger partial charge in [0, 0.05) is 17.0 Å². The molecule has 0 spiro atoms. The first kappa shape index (κ1) is 10.8. The van der Waals surface area contributed by atoms with Crippen molar-refractivity contribution in [1.82, 2.24) is 0 Å². The third-order valence-electron chi connectivity index (χ3n) is 1.59. The van der Waals surface area contributed by atoms with E-state index in [1.165, 1.54) is 18.2 Å². The number of rotatable bonds is 3. The Balaban J connectivity index is 3.14. The molecule has 0 saturated carbocycles. The van der Waals surface area contributed by atoms with Crippen LogP contribution in [-0.2, 0) is 0 Å². The van der Waals surface area contributed by atoms with E-state index < -0.39 is 16.4 Å². The number of benzene rings is 1. The zero-order valence-electron chi connectivity index (χ0n) is 7.11. The molecule has 0 saturated heterocycles. The van der Waals surface area contributed by atoms with Crippen molar-refractivity contribution in [2.75, 3.05) is 5.33 Å². The van der Waals surface area contributed by atoms with Gasteiger partial charge < -0.3 is 0 Å². The van der Waals surface area contributed by atoms with Crippen molar-refractivity contribution >= 4 is 27.7 Å². The van der Waals surface area contributed by atoms with Crippen LogP contribution in [-0.4, -0.2) is 10.3 Å². The van der Waals surface area contributed by atoms with E-state index in [2.05, 4.69) is 15.9 Å². The molecule has 0 aliphatic carbocycles. The lowest BCUT2D eigenvalue weighted by atomic mass is 10.2. The molecule has 0 aromatic heterocycles. The van der Waals surface area contributed by atoms with Crippen molar-refractivity contribution in [2.45, 2.75) is 0 Å². The van der Waals surface area contributed by atoms with E-state index in [4.69, 9.17) is 0 Å². The minimum absolute atomic E-state index is 0.221. The van der Waals surface area contributed by atoms with Gasteiger partial charge in [0.05, 0.1) is 4.92 Å². The molecule has 0 aliphatic rings. The number of halogens is 2. The van der Waals surface area contributed by atoms with Crippen LogP contribution >= 0.6 is 15.9 Å². The Kier molecular flexibility index (Phi) is 3.76. The molecule has 0 amide bonds. The highest BCUT2D eigenvalue weighted by molar-refractivity contribution is 9.09. The van der Waals surface area contributed by atoms with Crippen LogP contribution in [0.25, 0.3) is 6.08 Å². The van der Waals surface area contributed by atoms with Crippen molar-refractivity contribution in [3.63, 3.8) is 0 Å². The molecule has 0 radical (unpaired) electrons. The maximum Gasteiger partial charge on any atom is 0.305 e. The van der Waals surface area contributed by atoms with Crippen molar-refractivity contribution in [3.05, 3.63) is 45.8 Å². The zero-order valence-corrected chi connectivity index (χ0v) is 8.70. The molecule has 0 bridgehead atoms. The second-order valence-corrected chi connectivity index (χ2v) is 3.14. The second kappa shape index (κ2) is 4.85. The Labute approximate surface area is 88.5 Å². The third-order valence-corrected chi connectivity index (χ3v) is 1.97. The quantitative estimate of drug-likeness (QED) is 0.476. The molecule has 5 heteroatoms. The van der Waals surface area contributed by atoms with Crippen LogP contribution in [0.3, 0.4) is 0 Å². The fourth-order valence-electron chi connectivity index (χ4n) is 0.978. The lowest BCUT2D eigenvalue weighted by molar-refractivity contribution is -0.387. The number of alkyl halides is 1. The first-order valence-corrected chi connectivity index (χ1v) is 4.94. The summed E-state index contributed by atoms with van der Waals surface area (Å²) >= 11 is 3.14. The van der Waals surface area contributed by atoms with E-state index in [9.17, 15) is 14.5 Å². The molecular weight excluding hydrogens is 253 g/mol. The van der Waals surface area contributed by atoms with Gasteiger partial charge in [0.2, 0.25) is 5.82 Å². The average Bonchev–Trinajstić information content (AvgIpc) is 2.16. The van der Waals surface area contributed by atoms with Crippen LogP contribution in [0.5, 0.6) is 0 Å². The van der Waals surface area contributed by atoms with E-state index in [1.807, 2.05) is 0 Å². The number of nitrogens with zero attached hydrogens (tertiary/aromatic N) is 1. The summed E-state index contributed by atoms with van der Waals surface area (Å²) in [6.45, 7) is 0. The Morgan fingerprint density at radius 3 is 2.86 bits per heavy atom. The number of nitro groups is 1. The van der Waals surface area contributed by atoms with Crippen molar-refractivity contribution in [1.29, 1.82) is 0 Å². The lowest BCUT2D eigenvalue weighted by Crippen LogP contribution is -1.94. The Bertz CT molecular complexity index is 379. The van der Waals surface area contributed by atoms with Crippen LogP contribution in [0.1, 0.15) is 5.56 Å². The Morgan fingerprint density at radius 1 is 1.57 bits per heavy atom. The van der Waals surface area contributed by atoms with Gasteiger partial charge in [0.15, 0.2) is 0 Å². The molecule has 1 rings (SSSR count). The van der Waals surface area contributed by atoms with Gasteiger partial charge in [-0.05, 0) is 0 Å². The molecule has 3 nitrogen and oxygen atoms in total. The monoisotopic (exact) mass is 259 g/mol. The van der Waals surface area contributed by atoms with E-state index in [-0.39, 0.29) is 5.56 Å². The Morgan fingerprint density at radius 2 is 2.29 bits per heavy atom. The largest absolute Gasteiger partial charge is 0.305 e. The molecule has 0 heterocycles. The minimum atomic E-state index is -0.797. The summed E-state index contributed by atoms with van der Waals surface area (Å²) in [6.07, 6.45) is 3.17. The van der Waals surface area contributed by atoms with E-state index in [0.717, 1.165) is 6.07 Å². The smallest absolute Gasteiger partial charge is 0.258 e. The Hall–Kier alpha value is -1.23. The normalized spacial score (nSPS) is 10.7. The summed E-state index contributed by atoms with van der Waals surface area (Å²) in [4.78, 5) is 9.64. The standard InChI is InChI=1S/C9H7BrFNO2/c10-6-2-4-7-3-1-5-8(9(7)11)12(13)14/h1-5H,6H2. The highest BCUT2D eigenvalue weighted by atomic mass is 79.9. The lowest BCUT2D eigenvalue weighted by Gasteiger charge is -1.97. The number of hydrogen-bond donors (Lipinski definition) is 0. The predicted octanol–water partition coefficient (Wildman–Crippen LogP) is 3.14. The summed E-state index contributed by atoms with van der Waals surface area (Å²) in [6, 6.07) is 4.08. The fraction of sp³-hybridized carbons (Fsp3) is 0.111. The van der Waals surface area contributed by atoms with Gasteiger partial charge in [-0.3, -0.25) is 10.1 Å². The van der Waals surface area contributed by atoms with Gasteiger partial charge in [-0.25, -0.2) is 0 Å². The number of allylic oxidation sites excluding steroid dienone is 1. The van der Waals surface area contributed by atoms with E-state index in [1.54, 1.807) is 6.08 Å². The van der Waals surface area contributed by atoms with Crippen molar-refractivity contribution < 1.29 is 9.31 Å². The van der Waals surface area contributed by atoms with Gasteiger partial charge >= 0.3 is 5.69 Å². The maximum atomic E-state index is 13.3. The van der Waals surface area contributed by atoms with Crippen LogP contribution < -0.4 is 0 Å². The molecule has 1 aromatic rings. The molecule has 0 N–H and O–H groups in total. The van der Waals surface area contributed by atoms with Crippen molar-refractivity contribution in [3.8, 4) is 0 Å². The highest BCUT2D eigenvalue weighted by Gasteiger charge is 2.15. The molecule has 0 fully saturated rings. The fourth-order valence-corrected chi connectivity index (χ4v) is 1.17. The first-order valence-electron chi connectivity index (χ1n) is 3.82. The summed E-state index contributed by atoms with van der Waals surface area (Å²) in [5.74, 6) is -0.797. The molecule has 1 aromatic carbocycles. The summed E-state index contributed by atoms with van der Waals surface area (Å²) < 4.78 is 13.3. The molecule has 74 valence electrons. The van der Waals surface area contributed by atoms with Crippen LogP contribution in [0.4, 0.5) is 10.1 Å². The van der Waals surface area contributed by atoms with Crippen LogP contribution in [0, 0.1) is 15.9 Å². The average molecular weight is 260 g/mol. The highest BCUT2D eigenvalue weighted by Crippen LogP contribution is 2.20. The number of hydrogen-bond acceptors (Lipinski definition) is 2. The first-order chi connectivity index (χ1) is 6.66. The molecule has 14 heavy (non-hydrogen) atoms. The third kappa shape index (κ3) is 2.38. The summed E-state index contributed by atoms with van der Waals surface area (Å²) in [5, 5.41) is 11.0. The van der Waals surface area contributed by atoms with E-state index in [0.29, 0.717) is 5.33 Å². The molecule has 0 aliphatic heterocycles. The van der Waals surface area contributed by atoms with Gasteiger partial charge in [-0.15, -0.1) is 0 Å². The molecular formula is C9H7BrFNO2. The summed E-state index contributed by atoms with van der Waals surface area (Å²) in [7, 11) is 0. The van der Waals surface area contributed by atoms with Gasteiger partial charge in [-0.1, -0.05) is 40.2 Å². The van der Waals surface area contributed by atoms with Gasteiger partial charge in [0.25, 0.3) is 0 Å². The topological polar surface area (TPSA) is 43.1 Å². The SMILES string of the molecule is O=[N+]([O-])c1cccc(C=CCBr)c1F.